The smallest absolute Gasteiger partial charge is 0.255 e. The van der Waals surface area contributed by atoms with Gasteiger partial charge in [-0.1, -0.05) is 0 Å². The number of tetrazole rings is 1. The van der Waals surface area contributed by atoms with E-state index >= 15 is 0 Å². The van der Waals surface area contributed by atoms with Gasteiger partial charge in [0.25, 0.3) is 11.5 Å². The Kier molecular flexibility index (Phi) is 4.11. The summed E-state index contributed by atoms with van der Waals surface area (Å²) >= 11 is 0. The van der Waals surface area contributed by atoms with E-state index in [-0.39, 0.29) is 34.7 Å². The Morgan fingerprint density at radius 1 is 1.21 bits per heavy atom. The van der Waals surface area contributed by atoms with Crippen molar-refractivity contribution in [3.05, 3.63) is 58.0 Å². The van der Waals surface area contributed by atoms with Crippen LogP contribution >= 0.6 is 0 Å². The number of carbonyl (C=O) groups is 1. The zero-order valence-corrected chi connectivity index (χ0v) is 15.4. The van der Waals surface area contributed by atoms with Crippen LogP contribution in [0.3, 0.4) is 0 Å². The third-order valence-electron chi connectivity index (χ3n) is 5.47. The topological polar surface area (TPSA) is 139 Å². The van der Waals surface area contributed by atoms with E-state index in [1.807, 2.05) is 0 Å². The average Bonchev–Trinajstić information content (AvgIpc) is 3.39. The lowest BCUT2D eigenvalue weighted by Crippen LogP contribution is -2.43. The molecule has 0 radical (unpaired) electrons. The van der Waals surface area contributed by atoms with Crippen LogP contribution < -0.4 is 10.9 Å². The van der Waals surface area contributed by atoms with Gasteiger partial charge in [-0.2, -0.15) is 0 Å². The molecule has 3 N–H and O–H groups in total. The fourth-order valence-electron chi connectivity index (χ4n) is 3.62. The van der Waals surface area contributed by atoms with Crippen LogP contribution in [0, 0.1) is 0 Å². The van der Waals surface area contributed by atoms with Crippen molar-refractivity contribution in [1.82, 2.24) is 35.5 Å². The number of amides is 1. The summed E-state index contributed by atoms with van der Waals surface area (Å²) in [6, 6.07) is 6.12. The van der Waals surface area contributed by atoms with Gasteiger partial charge in [-0.05, 0) is 54.3 Å². The third-order valence-corrected chi connectivity index (χ3v) is 5.47. The molecule has 0 atom stereocenters. The van der Waals surface area contributed by atoms with Gasteiger partial charge < -0.3 is 15.4 Å². The molecule has 1 amide bonds. The summed E-state index contributed by atoms with van der Waals surface area (Å²) in [4.78, 5) is 32.0. The molecule has 3 aromatic rings. The highest BCUT2D eigenvalue weighted by atomic mass is 16.3. The lowest BCUT2D eigenvalue weighted by Gasteiger charge is -2.35. The molecule has 2 fully saturated rings. The quantitative estimate of drug-likeness (QED) is 0.588. The predicted molar refractivity (Wildman–Crippen MR) is 101 cm³/mol. The van der Waals surface area contributed by atoms with Crippen LogP contribution in [-0.4, -0.2) is 47.2 Å². The molecule has 0 aliphatic heterocycles. The summed E-state index contributed by atoms with van der Waals surface area (Å²) in [6.07, 6.45) is 4.97. The summed E-state index contributed by atoms with van der Waals surface area (Å²) in [7, 11) is 0. The number of nitrogens with zero attached hydrogens (tertiary/aromatic N) is 5. The Morgan fingerprint density at radius 2 is 2.03 bits per heavy atom. The first kappa shape index (κ1) is 17.5. The van der Waals surface area contributed by atoms with Crippen LogP contribution in [0.5, 0.6) is 5.75 Å². The Hall–Kier alpha value is -3.56. The number of phenols is 1. The highest BCUT2D eigenvalue weighted by Gasteiger charge is 2.34. The van der Waals surface area contributed by atoms with E-state index in [0.717, 1.165) is 24.4 Å². The summed E-state index contributed by atoms with van der Waals surface area (Å²) in [6.45, 7) is 0. The number of aromatic hydroxyl groups is 1. The van der Waals surface area contributed by atoms with Crippen molar-refractivity contribution >= 4 is 5.91 Å². The Morgan fingerprint density at radius 3 is 2.76 bits per heavy atom. The van der Waals surface area contributed by atoms with Gasteiger partial charge in [-0.15, -0.1) is 5.10 Å². The Labute approximate surface area is 165 Å². The maximum Gasteiger partial charge on any atom is 0.255 e. The summed E-state index contributed by atoms with van der Waals surface area (Å²) in [5.74, 6) is 0.846. The molecule has 5 rings (SSSR count). The van der Waals surface area contributed by atoms with E-state index in [9.17, 15) is 14.7 Å². The fraction of sp³-hybridized carbons (Fsp3) is 0.368. The molecule has 1 aromatic carbocycles. The molecule has 2 aliphatic rings. The molecule has 10 nitrogen and oxygen atoms in total. The van der Waals surface area contributed by atoms with E-state index in [2.05, 4.69) is 30.8 Å². The largest absolute Gasteiger partial charge is 0.507 e. The van der Waals surface area contributed by atoms with Crippen LogP contribution in [0.15, 0.2) is 35.4 Å². The number of hydrogen-bond acceptors (Lipinski definition) is 7. The van der Waals surface area contributed by atoms with E-state index in [1.54, 1.807) is 12.1 Å². The molecule has 0 spiro atoms. The third kappa shape index (κ3) is 3.48. The van der Waals surface area contributed by atoms with Gasteiger partial charge in [0.1, 0.15) is 17.9 Å². The van der Waals surface area contributed by atoms with Crippen molar-refractivity contribution in [2.45, 2.75) is 43.6 Å². The number of phenolic OH excluding ortho intramolecular Hbond substituents is 1. The minimum Gasteiger partial charge on any atom is -0.507 e. The zero-order chi connectivity index (χ0) is 20.0. The van der Waals surface area contributed by atoms with Crippen molar-refractivity contribution < 1.29 is 9.90 Å². The molecular weight excluding hydrogens is 374 g/mol. The average molecular weight is 393 g/mol. The second kappa shape index (κ2) is 6.80. The molecule has 2 saturated carbocycles. The van der Waals surface area contributed by atoms with Crippen molar-refractivity contribution in [1.29, 1.82) is 0 Å². The second-order valence-corrected chi connectivity index (χ2v) is 7.62. The van der Waals surface area contributed by atoms with Crippen molar-refractivity contribution in [2.75, 3.05) is 0 Å². The van der Waals surface area contributed by atoms with Crippen molar-refractivity contribution in [2.24, 2.45) is 0 Å². The van der Waals surface area contributed by atoms with Crippen LogP contribution in [0.25, 0.3) is 5.69 Å². The number of carbonyl (C=O) groups excluding carboxylic acids is 1. The van der Waals surface area contributed by atoms with Gasteiger partial charge in [0.15, 0.2) is 0 Å². The number of aromatic amines is 1. The molecule has 29 heavy (non-hydrogen) atoms. The van der Waals surface area contributed by atoms with Crippen LogP contribution in [0.4, 0.5) is 0 Å². The van der Waals surface area contributed by atoms with E-state index in [4.69, 9.17) is 0 Å². The van der Waals surface area contributed by atoms with Gasteiger partial charge >= 0.3 is 0 Å². The lowest BCUT2D eigenvalue weighted by atomic mass is 9.78. The fourth-order valence-corrected chi connectivity index (χ4v) is 3.62. The summed E-state index contributed by atoms with van der Waals surface area (Å²) < 4.78 is 1.41. The molecule has 0 unspecified atom stereocenters. The SMILES string of the molecule is O=C(NC1CC(c2cc(=O)[nH]c(C3CC3)n2)C1)c1cc(-n2cnnn2)ccc1O. The monoisotopic (exact) mass is 393 g/mol. The van der Waals surface area contributed by atoms with Gasteiger partial charge in [0, 0.05) is 23.9 Å². The molecule has 2 heterocycles. The Bertz CT molecular complexity index is 1120. The summed E-state index contributed by atoms with van der Waals surface area (Å²) in [5.41, 5.74) is 1.41. The van der Waals surface area contributed by atoms with Crippen LogP contribution in [0.1, 0.15) is 59.4 Å². The summed E-state index contributed by atoms with van der Waals surface area (Å²) in [5, 5.41) is 23.9. The highest BCUT2D eigenvalue weighted by molar-refractivity contribution is 5.97. The Balaban J connectivity index is 1.25. The van der Waals surface area contributed by atoms with Crippen LogP contribution in [-0.2, 0) is 0 Å². The standard InChI is InChI=1S/C19H19N7O3/c27-16-4-3-13(26-9-20-24-25-26)7-14(16)19(29)21-12-5-11(6-12)15-8-17(28)23-18(22-15)10-1-2-10/h3-4,7-12,27H,1-2,5-6H2,(H,21,29)(H,22,23,28). The zero-order valence-electron chi connectivity index (χ0n) is 15.4. The van der Waals surface area contributed by atoms with Gasteiger partial charge in [0.2, 0.25) is 0 Å². The number of aromatic nitrogens is 6. The lowest BCUT2D eigenvalue weighted by molar-refractivity contribution is 0.0905. The van der Waals surface area contributed by atoms with Crippen molar-refractivity contribution in [3.63, 3.8) is 0 Å². The van der Waals surface area contributed by atoms with Gasteiger partial charge in [-0.25, -0.2) is 9.67 Å². The number of benzene rings is 1. The number of rotatable bonds is 5. The first-order valence-electron chi connectivity index (χ1n) is 9.55. The maximum absolute atomic E-state index is 12.6. The number of hydrogen-bond donors (Lipinski definition) is 3. The number of nitrogens with one attached hydrogen (secondary N) is 2. The van der Waals surface area contributed by atoms with Gasteiger partial charge in [0.05, 0.1) is 16.9 Å². The molecular formula is C19H19N7O3. The van der Waals surface area contributed by atoms with Gasteiger partial charge in [-0.3, -0.25) is 9.59 Å². The first-order valence-corrected chi connectivity index (χ1v) is 9.55. The molecule has 148 valence electrons. The van der Waals surface area contributed by atoms with Crippen LogP contribution in [0.2, 0.25) is 0 Å². The molecule has 0 saturated heterocycles. The molecule has 10 heteroatoms. The predicted octanol–water partition coefficient (Wildman–Crippen LogP) is 1.00. The highest BCUT2D eigenvalue weighted by Crippen LogP contribution is 2.40. The molecule has 2 aromatic heterocycles. The van der Waals surface area contributed by atoms with E-state index < -0.39 is 0 Å². The molecule has 2 aliphatic carbocycles. The molecule has 0 bridgehead atoms. The van der Waals surface area contributed by atoms with E-state index in [0.29, 0.717) is 24.4 Å². The normalized spacial score (nSPS) is 20.8. The minimum absolute atomic E-state index is 0.0333. The minimum atomic E-state index is -0.363. The maximum atomic E-state index is 12.6. The van der Waals surface area contributed by atoms with Crippen molar-refractivity contribution in [3.8, 4) is 11.4 Å². The van der Waals surface area contributed by atoms with E-state index in [1.165, 1.54) is 23.1 Å². The second-order valence-electron chi connectivity index (χ2n) is 7.62. The number of H-pyrrole nitrogens is 1. The first-order chi connectivity index (χ1) is 14.1.